The number of rotatable bonds is 2. The van der Waals surface area contributed by atoms with Gasteiger partial charge in [0.1, 0.15) is 13.2 Å². The Hall–Kier alpha value is -1.69. The van der Waals surface area contributed by atoms with Gasteiger partial charge in [0.05, 0.1) is 11.5 Å². The fraction of sp³-hybridized carbons (Fsp3) is 0.500. The minimum Gasteiger partial charge on any atom is -0.486 e. The summed E-state index contributed by atoms with van der Waals surface area (Å²) in [7, 11) is 0. The van der Waals surface area contributed by atoms with Gasteiger partial charge in [-0.2, -0.15) is 5.26 Å². The van der Waals surface area contributed by atoms with Gasteiger partial charge in [-0.25, -0.2) is 0 Å². The van der Waals surface area contributed by atoms with Gasteiger partial charge < -0.3 is 9.47 Å². The standard InChI is InChI=1S/C14H15NO2/c15-10-14(4-1-5-14)9-11-2-3-12-13(8-11)17-7-6-16-12/h2-3,8H,1,4-7,9H2. The second-order valence-corrected chi connectivity index (χ2v) is 4.90. The van der Waals surface area contributed by atoms with Crippen LogP contribution in [0, 0.1) is 16.7 Å². The van der Waals surface area contributed by atoms with Gasteiger partial charge >= 0.3 is 0 Å². The molecule has 0 N–H and O–H groups in total. The summed E-state index contributed by atoms with van der Waals surface area (Å²) in [6, 6.07) is 8.49. The van der Waals surface area contributed by atoms with Gasteiger partial charge in [0, 0.05) is 0 Å². The first-order valence-electron chi connectivity index (χ1n) is 6.11. The predicted octanol–water partition coefficient (Wildman–Crippen LogP) is 2.69. The number of benzene rings is 1. The van der Waals surface area contributed by atoms with Crippen LogP contribution in [0.3, 0.4) is 0 Å². The van der Waals surface area contributed by atoms with Crippen molar-refractivity contribution in [3.8, 4) is 17.6 Å². The van der Waals surface area contributed by atoms with Crippen molar-refractivity contribution < 1.29 is 9.47 Å². The van der Waals surface area contributed by atoms with E-state index in [1.807, 2.05) is 18.2 Å². The van der Waals surface area contributed by atoms with Crippen LogP contribution >= 0.6 is 0 Å². The topological polar surface area (TPSA) is 42.2 Å². The molecule has 1 heterocycles. The molecule has 3 rings (SSSR count). The number of hydrogen-bond acceptors (Lipinski definition) is 3. The number of nitrogens with zero attached hydrogens (tertiary/aromatic N) is 1. The summed E-state index contributed by atoms with van der Waals surface area (Å²) in [5.74, 6) is 1.64. The summed E-state index contributed by atoms with van der Waals surface area (Å²) in [6.45, 7) is 1.23. The van der Waals surface area contributed by atoms with Gasteiger partial charge in [-0.05, 0) is 37.0 Å². The van der Waals surface area contributed by atoms with Crippen LogP contribution in [-0.4, -0.2) is 13.2 Å². The molecule has 0 aromatic heterocycles. The molecule has 3 heteroatoms. The predicted molar refractivity (Wildman–Crippen MR) is 63.0 cm³/mol. The zero-order valence-corrected chi connectivity index (χ0v) is 9.74. The Morgan fingerprint density at radius 3 is 2.59 bits per heavy atom. The van der Waals surface area contributed by atoms with Crippen LogP contribution < -0.4 is 9.47 Å². The maximum Gasteiger partial charge on any atom is 0.161 e. The molecule has 1 aliphatic heterocycles. The molecule has 17 heavy (non-hydrogen) atoms. The third kappa shape index (κ3) is 1.84. The normalized spacial score (nSPS) is 20.2. The summed E-state index contributed by atoms with van der Waals surface area (Å²) < 4.78 is 11.0. The number of ether oxygens (including phenoxy) is 2. The number of hydrogen-bond donors (Lipinski definition) is 0. The molecule has 0 spiro atoms. The lowest BCUT2D eigenvalue weighted by Crippen LogP contribution is -2.29. The molecule has 1 saturated carbocycles. The molecule has 1 aromatic rings. The van der Waals surface area contributed by atoms with Crippen molar-refractivity contribution in [3.05, 3.63) is 23.8 Å². The van der Waals surface area contributed by atoms with Gasteiger partial charge in [0.15, 0.2) is 11.5 Å². The first-order chi connectivity index (χ1) is 8.31. The average Bonchev–Trinajstić information content (AvgIpc) is 2.34. The second-order valence-electron chi connectivity index (χ2n) is 4.90. The minimum atomic E-state index is -0.121. The van der Waals surface area contributed by atoms with E-state index in [0.29, 0.717) is 13.2 Å². The molecule has 1 aromatic carbocycles. The molecule has 0 atom stereocenters. The van der Waals surface area contributed by atoms with Gasteiger partial charge in [-0.15, -0.1) is 0 Å². The van der Waals surface area contributed by atoms with Gasteiger partial charge in [0.2, 0.25) is 0 Å². The zero-order chi connectivity index (χ0) is 11.7. The Morgan fingerprint density at radius 1 is 1.18 bits per heavy atom. The minimum absolute atomic E-state index is 0.121. The molecule has 1 fully saturated rings. The van der Waals surface area contributed by atoms with Crippen molar-refractivity contribution in [2.75, 3.05) is 13.2 Å². The summed E-state index contributed by atoms with van der Waals surface area (Å²) in [6.07, 6.45) is 4.06. The largest absolute Gasteiger partial charge is 0.486 e. The molecule has 0 unspecified atom stereocenters. The van der Waals surface area contributed by atoms with Crippen LogP contribution in [-0.2, 0) is 6.42 Å². The Labute approximate surface area is 101 Å². The van der Waals surface area contributed by atoms with E-state index in [4.69, 9.17) is 9.47 Å². The maximum absolute atomic E-state index is 9.23. The highest BCUT2D eigenvalue weighted by atomic mass is 16.6. The van der Waals surface area contributed by atoms with Gasteiger partial charge in [-0.3, -0.25) is 0 Å². The molecule has 0 bridgehead atoms. The van der Waals surface area contributed by atoms with E-state index >= 15 is 0 Å². The van der Waals surface area contributed by atoms with E-state index < -0.39 is 0 Å². The van der Waals surface area contributed by atoms with E-state index in [9.17, 15) is 5.26 Å². The van der Waals surface area contributed by atoms with E-state index in [1.54, 1.807) is 0 Å². The van der Waals surface area contributed by atoms with Crippen LogP contribution in [0.15, 0.2) is 18.2 Å². The molecule has 0 radical (unpaired) electrons. The molecule has 88 valence electrons. The molecule has 0 amide bonds. The molecule has 2 aliphatic rings. The summed E-state index contributed by atoms with van der Waals surface area (Å²) in [5.41, 5.74) is 1.06. The summed E-state index contributed by atoms with van der Waals surface area (Å²) >= 11 is 0. The first kappa shape index (κ1) is 10.5. The highest BCUT2D eigenvalue weighted by Crippen LogP contribution is 2.44. The van der Waals surface area contributed by atoms with Crippen molar-refractivity contribution in [2.24, 2.45) is 5.41 Å². The fourth-order valence-electron chi connectivity index (χ4n) is 2.52. The first-order valence-corrected chi connectivity index (χ1v) is 6.11. The van der Waals surface area contributed by atoms with Crippen LogP contribution in [0.1, 0.15) is 24.8 Å². The van der Waals surface area contributed by atoms with Crippen molar-refractivity contribution in [1.29, 1.82) is 5.26 Å². The van der Waals surface area contributed by atoms with E-state index in [1.165, 1.54) is 12.0 Å². The molecular weight excluding hydrogens is 214 g/mol. The van der Waals surface area contributed by atoms with Crippen molar-refractivity contribution in [2.45, 2.75) is 25.7 Å². The highest BCUT2D eigenvalue weighted by molar-refractivity contribution is 5.44. The third-order valence-electron chi connectivity index (χ3n) is 3.70. The number of fused-ring (bicyclic) bond motifs is 1. The van der Waals surface area contributed by atoms with Crippen LogP contribution in [0.2, 0.25) is 0 Å². The summed E-state index contributed by atoms with van der Waals surface area (Å²) in [5, 5.41) is 9.23. The van der Waals surface area contributed by atoms with E-state index in [-0.39, 0.29) is 5.41 Å². The Kier molecular flexibility index (Phi) is 2.44. The third-order valence-corrected chi connectivity index (χ3v) is 3.70. The van der Waals surface area contributed by atoms with Crippen LogP contribution in [0.25, 0.3) is 0 Å². The monoisotopic (exact) mass is 229 g/mol. The summed E-state index contributed by atoms with van der Waals surface area (Å²) in [4.78, 5) is 0. The van der Waals surface area contributed by atoms with Crippen molar-refractivity contribution in [1.82, 2.24) is 0 Å². The zero-order valence-electron chi connectivity index (χ0n) is 9.74. The number of nitriles is 1. The lowest BCUT2D eigenvalue weighted by atomic mass is 9.66. The Bertz CT molecular complexity index is 472. The maximum atomic E-state index is 9.23. The molecular formula is C14H15NO2. The van der Waals surface area contributed by atoms with Crippen LogP contribution in [0.4, 0.5) is 0 Å². The Morgan fingerprint density at radius 2 is 1.94 bits per heavy atom. The second kappa shape index (κ2) is 3.96. The van der Waals surface area contributed by atoms with Gasteiger partial charge in [0.25, 0.3) is 0 Å². The fourth-order valence-corrected chi connectivity index (χ4v) is 2.52. The van der Waals surface area contributed by atoms with Gasteiger partial charge in [-0.1, -0.05) is 12.5 Å². The molecule has 1 aliphatic carbocycles. The Balaban J connectivity index is 1.82. The molecule has 3 nitrogen and oxygen atoms in total. The lowest BCUT2D eigenvalue weighted by molar-refractivity contribution is 0.170. The van der Waals surface area contributed by atoms with Crippen molar-refractivity contribution in [3.63, 3.8) is 0 Å². The quantitative estimate of drug-likeness (QED) is 0.783. The van der Waals surface area contributed by atoms with E-state index in [0.717, 1.165) is 30.8 Å². The van der Waals surface area contributed by atoms with E-state index in [2.05, 4.69) is 6.07 Å². The van der Waals surface area contributed by atoms with Crippen molar-refractivity contribution >= 4 is 0 Å². The molecule has 0 saturated heterocycles. The SMILES string of the molecule is N#CC1(Cc2ccc3c(c2)OCCO3)CCC1. The lowest BCUT2D eigenvalue weighted by Gasteiger charge is -2.35. The smallest absolute Gasteiger partial charge is 0.161 e. The van der Waals surface area contributed by atoms with Crippen LogP contribution in [0.5, 0.6) is 11.5 Å². The average molecular weight is 229 g/mol. The highest BCUT2D eigenvalue weighted by Gasteiger charge is 2.37.